The summed E-state index contributed by atoms with van der Waals surface area (Å²) < 4.78 is 24.3. The first-order valence-electron chi connectivity index (χ1n) is 7.26. The molecule has 3 rings (SSSR count). The van der Waals surface area contributed by atoms with E-state index in [1.54, 1.807) is 24.3 Å². The van der Waals surface area contributed by atoms with Gasteiger partial charge in [0.2, 0.25) is 5.91 Å². The van der Waals surface area contributed by atoms with Crippen molar-refractivity contribution in [3.05, 3.63) is 29.8 Å². The van der Waals surface area contributed by atoms with Crippen LogP contribution in [-0.4, -0.2) is 42.9 Å². The molecule has 2 aliphatic heterocycles. The van der Waals surface area contributed by atoms with Gasteiger partial charge >= 0.3 is 5.97 Å². The summed E-state index contributed by atoms with van der Waals surface area (Å²) >= 11 is 0. The van der Waals surface area contributed by atoms with Gasteiger partial charge in [-0.3, -0.25) is 9.59 Å². The monoisotopic (exact) mass is 323 g/mol. The van der Waals surface area contributed by atoms with Crippen LogP contribution in [0.1, 0.15) is 30.7 Å². The average Bonchev–Trinajstić information content (AvgIpc) is 2.86. The first-order valence-corrected chi connectivity index (χ1v) is 8.98. The van der Waals surface area contributed by atoms with Crippen molar-refractivity contribution in [2.45, 2.75) is 30.4 Å². The van der Waals surface area contributed by atoms with E-state index in [9.17, 15) is 23.1 Å². The molecule has 2 atom stereocenters. The van der Waals surface area contributed by atoms with Crippen LogP contribution in [0.25, 0.3) is 0 Å². The summed E-state index contributed by atoms with van der Waals surface area (Å²) in [4.78, 5) is 25.4. The highest BCUT2D eigenvalue weighted by atomic mass is 32.2. The van der Waals surface area contributed by atoms with Crippen LogP contribution in [0.2, 0.25) is 0 Å². The zero-order valence-electron chi connectivity index (χ0n) is 11.9. The van der Waals surface area contributed by atoms with Crippen molar-refractivity contribution in [2.24, 2.45) is 0 Å². The number of rotatable bonds is 2. The number of carbonyl (C=O) groups excluding carboxylic acids is 1. The number of nitrogens with zero attached hydrogens (tertiary/aromatic N) is 1. The van der Waals surface area contributed by atoms with Gasteiger partial charge in [-0.05, 0) is 24.5 Å². The van der Waals surface area contributed by atoms with E-state index in [0.29, 0.717) is 30.5 Å². The fourth-order valence-electron chi connectivity index (χ4n) is 3.23. The molecule has 1 amide bonds. The lowest BCUT2D eigenvalue weighted by Crippen LogP contribution is -2.45. The van der Waals surface area contributed by atoms with Crippen LogP contribution in [0.5, 0.6) is 0 Å². The maximum atomic E-state index is 12.7. The summed E-state index contributed by atoms with van der Waals surface area (Å²) in [7, 11) is -3.44. The Kier molecular flexibility index (Phi) is 3.68. The maximum absolute atomic E-state index is 12.7. The van der Waals surface area contributed by atoms with Crippen LogP contribution >= 0.6 is 0 Å². The topological polar surface area (TPSA) is 91.8 Å². The van der Waals surface area contributed by atoms with Crippen LogP contribution in [-0.2, 0) is 19.4 Å². The lowest BCUT2D eigenvalue weighted by molar-refractivity contribution is -0.138. The molecule has 0 spiro atoms. The molecule has 2 aliphatic rings. The van der Waals surface area contributed by atoms with E-state index in [1.165, 1.54) is 4.90 Å². The Morgan fingerprint density at radius 3 is 2.59 bits per heavy atom. The van der Waals surface area contributed by atoms with Crippen molar-refractivity contribution in [1.82, 2.24) is 0 Å². The number of fused-ring (bicyclic) bond motifs is 1. The molecule has 22 heavy (non-hydrogen) atoms. The first kappa shape index (κ1) is 15.0. The van der Waals surface area contributed by atoms with E-state index in [1.807, 2.05) is 0 Å². The summed E-state index contributed by atoms with van der Waals surface area (Å²) in [5.74, 6) is -2.27. The van der Waals surface area contributed by atoms with Crippen LogP contribution in [0.15, 0.2) is 24.3 Å². The van der Waals surface area contributed by atoms with E-state index < -0.39 is 32.9 Å². The Morgan fingerprint density at radius 2 is 1.91 bits per heavy atom. The number of carbonyl (C=O) groups is 2. The molecule has 1 aromatic carbocycles. The molecule has 0 saturated carbocycles. The summed E-state index contributed by atoms with van der Waals surface area (Å²) in [6.07, 6.45) is 1.60. The average molecular weight is 323 g/mol. The number of hydrogen-bond acceptors (Lipinski definition) is 4. The largest absolute Gasteiger partial charge is 0.481 e. The molecule has 2 unspecified atom stereocenters. The number of sulfone groups is 1. The van der Waals surface area contributed by atoms with Crippen molar-refractivity contribution in [3.8, 4) is 0 Å². The Hall–Kier alpha value is -1.89. The van der Waals surface area contributed by atoms with Crippen LogP contribution in [0.3, 0.4) is 0 Å². The Labute approximate surface area is 128 Å². The second-order valence-corrected chi connectivity index (χ2v) is 8.05. The zero-order valence-corrected chi connectivity index (χ0v) is 12.8. The number of para-hydroxylation sites is 1. The smallest absolute Gasteiger partial charge is 0.312 e. The normalized spacial score (nSPS) is 26.5. The highest BCUT2D eigenvalue weighted by Crippen LogP contribution is 2.37. The van der Waals surface area contributed by atoms with Gasteiger partial charge in [0, 0.05) is 12.2 Å². The van der Waals surface area contributed by atoms with Gasteiger partial charge in [0.15, 0.2) is 9.84 Å². The Morgan fingerprint density at radius 1 is 1.18 bits per heavy atom. The molecular formula is C15H17NO5S. The van der Waals surface area contributed by atoms with Gasteiger partial charge < -0.3 is 10.0 Å². The molecule has 0 aliphatic carbocycles. The van der Waals surface area contributed by atoms with Gasteiger partial charge in [0.1, 0.15) is 11.2 Å². The number of carboxylic acids is 1. The molecule has 1 fully saturated rings. The van der Waals surface area contributed by atoms with Crippen molar-refractivity contribution >= 4 is 27.4 Å². The van der Waals surface area contributed by atoms with Crippen molar-refractivity contribution in [2.75, 3.05) is 17.2 Å². The molecule has 1 saturated heterocycles. The highest BCUT2D eigenvalue weighted by molar-refractivity contribution is 7.92. The molecule has 0 aromatic heterocycles. The number of hydrogen-bond donors (Lipinski definition) is 1. The lowest BCUT2D eigenvalue weighted by atomic mass is 10.0. The van der Waals surface area contributed by atoms with Gasteiger partial charge in [-0.15, -0.1) is 0 Å². The first-order chi connectivity index (χ1) is 10.4. The minimum Gasteiger partial charge on any atom is -0.481 e. The maximum Gasteiger partial charge on any atom is 0.312 e. The number of anilines is 1. The van der Waals surface area contributed by atoms with E-state index in [4.69, 9.17) is 0 Å². The fraction of sp³-hybridized carbons (Fsp3) is 0.467. The van der Waals surface area contributed by atoms with E-state index in [0.717, 1.165) is 0 Å². The lowest BCUT2D eigenvalue weighted by Gasteiger charge is -2.26. The van der Waals surface area contributed by atoms with Crippen LogP contribution in [0.4, 0.5) is 5.69 Å². The fourth-order valence-corrected chi connectivity index (χ4v) is 5.08. The third-order valence-electron chi connectivity index (χ3n) is 4.39. The van der Waals surface area contributed by atoms with Crippen LogP contribution in [0, 0.1) is 0 Å². The van der Waals surface area contributed by atoms with E-state index in [-0.39, 0.29) is 12.3 Å². The Bertz CT molecular complexity index is 727. The predicted octanol–water partition coefficient (Wildman–Crippen LogP) is 1.17. The summed E-state index contributed by atoms with van der Waals surface area (Å²) in [6.45, 7) is -0.000463. The summed E-state index contributed by atoms with van der Waals surface area (Å²) in [5.41, 5.74) is 1.08. The molecule has 0 bridgehead atoms. The molecule has 7 heteroatoms. The quantitative estimate of drug-likeness (QED) is 0.882. The van der Waals surface area contributed by atoms with Crippen molar-refractivity contribution < 1.29 is 23.1 Å². The second-order valence-electron chi connectivity index (χ2n) is 5.75. The standard InChI is InChI=1S/C15H17NO5S/c17-14(13-7-3-4-8-22(13,20)21)16-9-11(15(18)19)10-5-1-2-6-12(10)16/h1-2,5-6,11,13H,3-4,7-9H2,(H,18,19). The van der Waals surface area contributed by atoms with Gasteiger partial charge in [0.25, 0.3) is 0 Å². The van der Waals surface area contributed by atoms with Crippen LogP contribution < -0.4 is 4.90 Å². The molecule has 6 nitrogen and oxygen atoms in total. The minimum absolute atomic E-state index is 0.000463. The van der Waals surface area contributed by atoms with Gasteiger partial charge in [-0.1, -0.05) is 24.6 Å². The van der Waals surface area contributed by atoms with Gasteiger partial charge in [-0.25, -0.2) is 8.42 Å². The van der Waals surface area contributed by atoms with Crippen molar-refractivity contribution in [1.29, 1.82) is 0 Å². The SMILES string of the molecule is O=C(O)C1CN(C(=O)C2CCCCS2(=O)=O)c2ccccc21. The van der Waals surface area contributed by atoms with E-state index in [2.05, 4.69) is 0 Å². The number of amides is 1. The number of carboxylic acid groups (broad SMARTS) is 1. The predicted molar refractivity (Wildman–Crippen MR) is 80.6 cm³/mol. The molecule has 2 heterocycles. The molecule has 1 N–H and O–H groups in total. The molecule has 118 valence electrons. The second kappa shape index (κ2) is 5.39. The third-order valence-corrected chi connectivity index (χ3v) is 6.55. The van der Waals surface area contributed by atoms with Gasteiger partial charge in [-0.2, -0.15) is 0 Å². The number of aliphatic carboxylic acids is 1. The summed E-state index contributed by atoms with van der Waals surface area (Å²) in [5, 5.41) is 8.28. The van der Waals surface area contributed by atoms with Crippen molar-refractivity contribution in [3.63, 3.8) is 0 Å². The zero-order chi connectivity index (χ0) is 15.9. The summed E-state index contributed by atoms with van der Waals surface area (Å²) in [6, 6.07) is 6.79. The van der Waals surface area contributed by atoms with Gasteiger partial charge in [0.05, 0.1) is 5.75 Å². The highest BCUT2D eigenvalue weighted by Gasteiger charge is 2.43. The molecule has 0 radical (unpaired) electrons. The van der Waals surface area contributed by atoms with E-state index >= 15 is 0 Å². The Balaban J connectivity index is 1.96. The third kappa shape index (κ3) is 2.39. The minimum atomic E-state index is -3.44. The number of benzene rings is 1. The molecular weight excluding hydrogens is 306 g/mol. The molecule has 1 aromatic rings.